The van der Waals surface area contributed by atoms with Crippen LogP contribution in [-0.2, 0) is 0 Å². The van der Waals surface area contributed by atoms with E-state index in [0.29, 0.717) is 5.56 Å². The van der Waals surface area contributed by atoms with E-state index in [9.17, 15) is 13.2 Å². The highest BCUT2D eigenvalue weighted by Crippen LogP contribution is 2.25. The van der Waals surface area contributed by atoms with Gasteiger partial charge in [0, 0.05) is 6.04 Å². The number of hydrogen-bond acceptors (Lipinski definition) is 1. The second-order valence-electron chi connectivity index (χ2n) is 3.09. The van der Waals surface area contributed by atoms with Crippen LogP contribution in [0, 0.1) is 17.5 Å². The molecule has 0 aliphatic carbocycles. The van der Waals surface area contributed by atoms with Crippen LogP contribution in [0.2, 0.25) is 0 Å². The van der Waals surface area contributed by atoms with E-state index in [-0.39, 0.29) is 6.04 Å². The lowest BCUT2D eigenvalue weighted by Gasteiger charge is -2.28. The number of rotatable bonds is 1. The summed E-state index contributed by atoms with van der Waals surface area (Å²) in [6, 6.07) is 2.05. The molecule has 70 valence electrons. The van der Waals surface area contributed by atoms with Gasteiger partial charge in [0.25, 0.3) is 0 Å². The zero-order valence-electron chi connectivity index (χ0n) is 6.78. The maximum Gasteiger partial charge on any atom is 0.194 e. The first-order valence-corrected chi connectivity index (χ1v) is 4.06. The van der Waals surface area contributed by atoms with Gasteiger partial charge in [-0.15, -0.1) is 0 Å². The average molecular weight is 187 g/mol. The maximum atomic E-state index is 12.7. The van der Waals surface area contributed by atoms with Crippen molar-refractivity contribution in [2.24, 2.45) is 0 Å². The normalized spacial score (nSPS) is 21.3. The van der Waals surface area contributed by atoms with Gasteiger partial charge in [0.15, 0.2) is 17.5 Å². The summed E-state index contributed by atoms with van der Waals surface area (Å²) in [4.78, 5) is 0. The van der Waals surface area contributed by atoms with Crippen molar-refractivity contribution in [3.05, 3.63) is 35.1 Å². The van der Waals surface area contributed by atoms with Crippen LogP contribution in [0.25, 0.3) is 0 Å². The Balaban J connectivity index is 2.37. The van der Waals surface area contributed by atoms with Crippen molar-refractivity contribution in [1.29, 1.82) is 0 Å². The summed E-state index contributed by atoms with van der Waals surface area (Å²) in [5.41, 5.74) is 0.475. The Labute approximate surface area is 73.6 Å². The zero-order valence-corrected chi connectivity index (χ0v) is 6.78. The SMILES string of the molecule is Fc1cc(C2CCN2)cc(F)c1F. The van der Waals surface area contributed by atoms with Crippen LogP contribution in [0.1, 0.15) is 18.0 Å². The van der Waals surface area contributed by atoms with Crippen LogP contribution >= 0.6 is 0 Å². The number of hydrogen-bond donors (Lipinski definition) is 1. The fraction of sp³-hybridized carbons (Fsp3) is 0.333. The summed E-state index contributed by atoms with van der Waals surface area (Å²) < 4.78 is 38.0. The minimum Gasteiger partial charge on any atom is -0.310 e. The highest BCUT2D eigenvalue weighted by Gasteiger charge is 2.21. The monoisotopic (exact) mass is 187 g/mol. The first kappa shape index (κ1) is 8.56. The van der Waals surface area contributed by atoms with Gasteiger partial charge in [-0.05, 0) is 30.7 Å². The Morgan fingerprint density at radius 1 is 1.15 bits per heavy atom. The average Bonchev–Trinajstić information content (AvgIpc) is 1.96. The highest BCUT2D eigenvalue weighted by molar-refractivity contribution is 5.24. The standard InChI is InChI=1S/C9H8F3N/c10-6-3-5(8-1-2-13-8)4-7(11)9(6)12/h3-4,8,13H,1-2H2. The Morgan fingerprint density at radius 3 is 2.08 bits per heavy atom. The summed E-state index contributed by atoms with van der Waals surface area (Å²) >= 11 is 0. The topological polar surface area (TPSA) is 12.0 Å². The van der Waals surface area contributed by atoms with Crippen molar-refractivity contribution in [3.63, 3.8) is 0 Å². The first-order valence-electron chi connectivity index (χ1n) is 4.06. The van der Waals surface area contributed by atoms with Crippen molar-refractivity contribution < 1.29 is 13.2 Å². The third-order valence-corrected chi connectivity index (χ3v) is 2.23. The molecule has 1 aromatic rings. The second-order valence-corrected chi connectivity index (χ2v) is 3.09. The van der Waals surface area contributed by atoms with E-state index in [2.05, 4.69) is 5.32 Å². The summed E-state index contributed by atoms with van der Waals surface area (Å²) in [6.07, 6.45) is 0.838. The van der Waals surface area contributed by atoms with E-state index in [0.717, 1.165) is 25.1 Å². The fourth-order valence-electron chi connectivity index (χ4n) is 1.35. The van der Waals surface area contributed by atoms with Crippen molar-refractivity contribution in [1.82, 2.24) is 5.32 Å². The molecule has 1 saturated heterocycles. The predicted molar refractivity (Wildman–Crippen MR) is 41.7 cm³/mol. The van der Waals surface area contributed by atoms with Gasteiger partial charge in [0.2, 0.25) is 0 Å². The van der Waals surface area contributed by atoms with E-state index >= 15 is 0 Å². The molecule has 1 fully saturated rings. The lowest BCUT2D eigenvalue weighted by Crippen LogP contribution is -2.35. The van der Waals surface area contributed by atoms with Crippen LogP contribution in [0.3, 0.4) is 0 Å². The Morgan fingerprint density at radius 2 is 1.69 bits per heavy atom. The van der Waals surface area contributed by atoms with E-state index in [4.69, 9.17) is 0 Å². The van der Waals surface area contributed by atoms with E-state index in [1.807, 2.05) is 0 Å². The van der Waals surface area contributed by atoms with Gasteiger partial charge < -0.3 is 5.32 Å². The molecule has 1 unspecified atom stereocenters. The van der Waals surface area contributed by atoms with E-state index in [1.165, 1.54) is 0 Å². The van der Waals surface area contributed by atoms with E-state index in [1.54, 1.807) is 0 Å². The van der Waals surface area contributed by atoms with Gasteiger partial charge in [0.1, 0.15) is 0 Å². The molecule has 1 nitrogen and oxygen atoms in total. The quantitative estimate of drug-likeness (QED) is 0.664. The van der Waals surface area contributed by atoms with Crippen LogP contribution in [0.15, 0.2) is 12.1 Å². The fourth-order valence-corrected chi connectivity index (χ4v) is 1.35. The molecule has 0 spiro atoms. The molecule has 1 aliphatic rings. The molecule has 4 heteroatoms. The number of benzene rings is 1. The van der Waals surface area contributed by atoms with Crippen LogP contribution in [0.5, 0.6) is 0 Å². The lowest BCUT2D eigenvalue weighted by molar-refractivity contribution is 0.374. The molecular weight excluding hydrogens is 179 g/mol. The Hall–Kier alpha value is -1.03. The van der Waals surface area contributed by atoms with Gasteiger partial charge in [0.05, 0.1) is 0 Å². The van der Waals surface area contributed by atoms with Gasteiger partial charge in [-0.2, -0.15) is 0 Å². The molecule has 0 aromatic heterocycles. The minimum absolute atomic E-state index is 0.0235. The third-order valence-electron chi connectivity index (χ3n) is 2.23. The van der Waals surface area contributed by atoms with Crippen molar-refractivity contribution in [2.75, 3.05) is 6.54 Å². The van der Waals surface area contributed by atoms with E-state index < -0.39 is 17.5 Å². The minimum atomic E-state index is -1.40. The molecule has 1 aliphatic heterocycles. The summed E-state index contributed by atoms with van der Waals surface area (Å²) in [5, 5.41) is 2.98. The number of halogens is 3. The summed E-state index contributed by atoms with van der Waals surface area (Å²) in [5.74, 6) is -3.64. The zero-order chi connectivity index (χ0) is 9.42. The van der Waals surface area contributed by atoms with Gasteiger partial charge in [-0.3, -0.25) is 0 Å². The van der Waals surface area contributed by atoms with Crippen LogP contribution in [-0.4, -0.2) is 6.54 Å². The molecule has 0 saturated carbocycles. The molecule has 2 rings (SSSR count). The smallest absolute Gasteiger partial charge is 0.194 e. The predicted octanol–water partition coefficient (Wildman–Crippen LogP) is 2.14. The largest absolute Gasteiger partial charge is 0.310 e. The Kier molecular flexibility index (Phi) is 2.00. The highest BCUT2D eigenvalue weighted by atomic mass is 19.2. The summed E-state index contributed by atoms with van der Waals surface area (Å²) in [7, 11) is 0. The van der Waals surface area contributed by atoms with Gasteiger partial charge in [-0.1, -0.05) is 0 Å². The summed E-state index contributed by atoms with van der Waals surface area (Å²) in [6.45, 7) is 0.839. The van der Waals surface area contributed by atoms with Crippen LogP contribution < -0.4 is 5.32 Å². The van der Waals surface area contributed by atoms with Crippen molar-refractivity contribution >= 4 is 0 Å². The lowest BCUT2D eigenvalue weighted by atomic mass is 9.98. The molecule has 13 heavy (non-hydrogen) atoms. The molecule has 1 N–H and O–H groups in total. The van der Waals surface area contributed by atoms with Crippen molar-refractivity contribution in [2.45, 2.75) is 12.5 Å². The second kappa shape index (κ2) is 3.03. The molecular formula is C9H8F3N. The molecule has 1 aromatic carbocycles. The molecule has 1 heterocycles. The molecule has 0 bridgehead atoms. The molecule has 0 amide bonds. The molecule has 1 atom stereocenters. The maximum absolute atomic E-state index is 12.7. The van der Waals surface area contributed by atoms with Gasteiger partial charge in [-0.25, -0.2) is 13.2 Å². The van der Waals surface area contributed by atoms with Gasteiger partial charge >= 0.3 is 0 Å². The van der Waals surface area contributed by atoms with Crippen LogP contribution in [0.4, 0.5) is 13.2 Å². The number of nitrogens with one attached hydrogen (secondary N) is 1. The first-order chi connectivity index (χ1) is 6.18. The third kappa shape index (κ3) is 1.42. The Bertz CT molecular complexity index is 311. The molecule has 0 radical (unpaired) electrons. The van der Waals surface area contributed by atoms with Crippen molar-refractivity contribution in [3.8, 4) is 0 Å².